The third-order valence-electron chi connectivity index (χ3n) is 4.21. The number of aryl methyl sites for hydroxylation is 2. The second kappa shape index (κ2) is 7.81. The third-order valence-corrected chi connectivity index (χ3v) is 4.43. The van der Waals surface area contributed by atoms with Gasteiger partial charge in [0, 0.05) is 17.4 Å². The van der Waals surface area contributed by atoms with Gasteiger partial charge in [0.2, 0.25) is 0 Å². The number of hydrogen-bond donors (Lipinski definition) is 1. The van der Waals surface area contributed by atoms with Crippen molar-refractivity contribution in [1.82, 2.24) is 4.98 Å². The summed E-state index contributed by atoms with van der Waals surface area (Å²) in [5, 5.41) is 2.53. The lowest BCUT2D eigenvalue weighted by molar-refractivity contribution is -0.348. The number of carbonyl (C=O) groups excluding carboxylic acids is 1. The van der Waals surface area contributed by atoms with Crippen molar-refractivity contribution in [2.24, 2.45) is 0 Å². The lowest BCUT2D eigenvalue weighted by Gasteiger charge is -2.31. The Morgan fingerprint density at radius 3 is 2.10 bits per heavy atom. The number of anilines is 1. The van der Waals surface area contributed by atoms with Gasteiger partial charge in [-0.15, -0.1) is 0 Å². The maximum Gasteiger partial charge on any atom is 0.435 e. The van der Waals surface area contributed by atoms with Crippen LogP contribution in [0.1, 0.15) is 34.0 Å². The first kappa shape index (κ1) is 22.9. The molecule has 0 radical (unpaired) electrons. The SMILES string of the molecule is CCc1cc(C(F)(C(F)(F)F)C(F)(F)F)cc(C)c1NC(=O)c1ccc(Cl)nc1. The summed E-state index contributed by atoms with van der Waals surface area (Å²) in [7, 11) is 0. The fourth-order valence-corrected chi connectivity index (χ4v) is 2.81. The number of carbonyl (C=O) groups is 1. The smallest absolute Gasteiger partial charge is 0.321 e. The molecule has 0 spiro atoms. The molecule has 0 fully saturated rings. The highest BCUT2D eigenvalue weighted by Gasteiger charge is 2.73. The maximum absolute atomic E-state index is 14.4. The van der Waals surface area contributed by atoms with E-state index in [1.807, 2.05) is 0 Å². The highest BCUT2D eigenvalue weighted by atomic mass is 35.5. The van der Waals surface area contributed by atoms with E-state index in [1.54, 1.807) is 0 Å². The van der Waals surface area contributed by atoms with Crippen LogP contribution in [0.4, 0.5) is 36.4 Å². The summed E-state index contributed by atoms with van der Waals surface area (Å²) in [4.78, 5) is 16.0. The summed E-state index contributed by atoms with van der Waals surface area (Å²) in [5.41, 5.74) is -7.35. The summed E-state index contributed by atoms with van der Waals surface area (Å²) in [6, 6.07) is 3.55. The number of halogens is 8. The van der Waals surface area contributed by atoms with Crippen molar-refractivity contribution in [3.63, 3.8) is 0 Å². The van der Waals surface area contributed by atoms with Crippen LogP contribution in [0.25, 0.3) is 0 Å². The number of alkyl halides is 7. The van der Waals surface area contributed by atoms with Gasteiger partial charge in [-0.05, 0) is 42.7 Å². The number of nitrogens with one attached hydrogen (secondary N) is 1. The zero-order chi connectivity index (χ0) is 22.2. The molecule has 3 nitrogen and oxygen atoms in total. The molecule has 1 amide bonds. The fraction of sp³-hybridized carbons (Fsp3) is 0.333. The van der Waals surface area contributed by atoms with Crippen LogP contribution in [-0.2, 0) is 12.1 Å². The van der Waals surface area contributed by atoms with E-state index in [2.05, 4.69) is 10.3 Å². The van der Waals surface area contributed by atoms with Crippen LogP contribution in [0.2, 0.25) is 5.15 Å². The predicted octanol–water partition coefficient (Wildman–Crippen LogP) is 6.15. The minimum absolute atomic E-state index is 0.0112. The standard InChI is InChI=1S/C18H14ClF7N2O/c1-3-10-7-12(16(20,17(21,22)23)18(24,25)26)6-9(2)14(10)28-15(29)11-4-5-13(19)27-8-11/h4-8H,3H2,1-2H3,(H,28,29). The normalized spacial score (nSPS) is 12.8. The van der Waals surface area contributed by atoms with E-state index in [1.165, 1.54) is 26.0 Å². The average Bonchev–Trinajstić information content (AvgIpc) is 2.60. The molecule has 2 aromatic rings. The number of pyridine rings is 1. The molecule has 0 saturated carbocycles. The van der Waals surface area contributed by atoms with E-state index >= 15 is 0 Å². The van der Waals surface area contributed by atoms with Crippen LogP contribution >= 0.6 is 11.6 Å². The van der Waals surface area contributed by atoms with Crippen molar-refractivity contribution in [2.45, 2.75) is 38.3 Å². The average molecular weight is 443 g/mol. The van der Waals surface area contributed by atoms with E-state index in [9.17, 15) is 35.5 Å². The molecule has 11 heteroatoms. The van der Waals surface area contributed by atoms with Crippen LogP contribution in [0.15, 0.2) is 30.5 Å². The monoisotopic (exact) mass is 442 g/mol. The van der Waals surface area contributed by atoms with Crippen LogP contribution < -0.4 is 5.32 Å². The number of benzene rings is 1. The molecule has 0 unspecified atom stereocenters. The van der Waals surface area contributed by atoms with Gasteiger partial charge < -0.3 is 5.32 Å². The van der Waals surface area contributed by atoms with Crippen molar-refractivity contribution < 1.29 is 35.5 Å². The lowest BCUT2D eigenvalue weighted by Crippen LogP contribution is -2.50. The van der Waals surface area contributed by atoms with Crippen LogP contribution in [-0.4, -0.2) is 23.2 Å². The number of aromatic nitrogens is 1. The van der Waals surface area contributed by atoms with Crippen molar-refractivity contribution in [1.29, 1.82) is 0 Å². The largest absolute Gasteiger partial charge is 0.435 e. The molecule has 1 aromatic carbocycles. The second-order valence-corrected chi connectivity index (χ2v) is 6.55. The number of amides is 1. The summed E-state index contributed by atoms with van der Waals surface area (Å²) in [5.74, 6) is -0.710. The van der Waals surface area contributed by atoms with Gasteiger partial charge in [-0.3, -0.25) is 4.79 Å². The number of rotatable bonds is 4. The van der Waals surface area contributed by atoms with E-state index < -0.39 is 29.5 Å². The molecule has 0 aliphatic heterocycles. The number of nitrogens with zero attached hydrogens (tertiary/aromatic N) is 1. The first-order valence-corrected chi connectivity index (χ1v) is 8.49. The van der Waals surface area contributed by atoms with Gasteiger partial charge in [0.25, 0.3) is 5.91 Å². The molecule has 29 heavy (non-hydrogen) atoms. The van der Waals surface area contributed by atoms with Crippen molar-refractivity contribution >= 4 is 23.2 Å². The van der Waals surface area contributed by atoms with E-state index in [-0.39, 0.29) is 34.0 Å². The predicted molar refractivity (Wildman–Crippen MR) is 92.7 cm³/mol. The Hall–Kier alpha value is -2.36. The quantitative estimate of drug-likeness (QED) is 0.456. The summed E-state index contributed by atoms with van der Waals surface area (Å²) < 4.78 is 92.6. The lowest BCUT2D eigenvalue weighted by atomic mass is 9.89. The Labute approximate surface area is 165 Å². The zero-order valence-electron chi connectivity index (χ0n) is 15.0. The molecule has 2 rings (SSSR count). The van der Waals surface area contributed by atoms with Crippen LogP contribution in [0, 0.1) is 6.92 Å². The molecule has 0 atom stereocenters. The van der Waals surface area contributed by atoms with Crippen LogP contribution in [0.3, 0.4) is 0 Å². The van der Waals surface area contributed by atoms with Gasteiger partial charge in [-0.1, -0.05) is 24.6 Å². The third kappa shape index (κ3) is 4.31. The van der Waals surface area contributed by atoms with Gasteiger partial charge in [0.05, 0.1) is 5.56 Å². The van der Waals surface area contributed by atoms with Crippen LogP contribution in [0.5, 0.6) is 0 Å². The minimum atomic E-state index is -6.22. The molecule has 0 bridgehead atoms. The minimum Gasteiger partial charge on any atom is -0.321 e. The Balaban J connectivity index is 2.54. The Morgan fingerprint density at radius 2 is 1.66 bits per heavy atom. The molecule has 1 heterocycles. The molecular formula is C18H14ClF7N2O. The zero-order valence-corrected chi connectivity index (χ0v) is 15.7. The topological polar surface area (TPSA) is 42.0 Å². The Kier molecular flexibility index (Phi) is 6.18. The van der Waals surface area contributed by atoms with Crippen molar-refractivity contribution in [3.8, 4) is 0 Å². The molecule has 0 saturated heterocycles. The second-order valence-electron chi connectivity index (χ2n) is 6.16. The first-order valence-electron chi connectivity index (χ1n) is 8.11. The maximum atomic E-state index is 14.4. The molecule has 1 aromatic heterocycles. The highest BCUT2D eigenvalue weighted by Crippen LogP contribution is 2.53. The van der Waals surface area contributed by atoms with Gasteiger partial charge >= 0.3 is 18.0 Å². The number of hydrogen-bond acceptors (Lipinski definition) is 2. The summed E-state index contributed by atoms with van der Waals surface area (Å²) in [6.07, 6.45) is -11.4. The fourth-order valence-electron chi connectivity index (χ4n) is 2.70. The van der Waals surface area contributed by atoms with Gasteiger partial charge in [-0.2, -0.15) is 26.3 Å². The summed E-state index contributed by atoms with van der Waals surface area (Å²) >= 11 is 5.62. The highest BCUT2D eigenvalue weighted by molar-refractivity contribution is 6.29. The summed E-state index contributed by atoms with van der Waals surface area (Å²) in [6.45, 7) is 2.62. The Morgan fingerprint density at radius 1 is 1.07 bits per heavy atom. The molecule has 0 aliphatic carbocycles. The van der Waals surface area contributed by atoms with Gasteiger partial charge in [0.15, 0.2) is 0 Å². The molecule has 0 aliphatic rings. The van der Waals surface area contributed by atoms with E-state index in [4.69, 9.17) is 11.6 Å². The Bertz CT molecular complexity index is 894. The molecular weight excluding hydrogens is 429 g/mol. The molecule has 1 N–H and O–H groups in total. The van der Waals surface area contributed by atoms with Crippen molar-refractivity contribution in [3.05, 3.63) is 57.9 Å². The van der Waals surface area contributed by atoms with Gasteiger partial charge in [0.1, 0.15) is 5.15 Å². The van der Waals surface area contributed by atoms with Gasteiger partial charge in [-0.25, -0.2) is 9.37 Å². The first-order chi connectivity index (χ1) is 13.2. The molecule has 158 valence electrons. The van der Waals surface area contributed by atoms with E-state index in [0.717, 1.165) is 6.20 Å². The van der Waals surface area contributed by atoms with Crippen molar-refractivity contribution in [2.75, 3.05) is 5.32 Å². The van der Waals surface area contributed by atoms with E-state index in [0.29, 0.717) is 12.1 Å².